The molecule has 0 aliphatic carbocycles. The molecule has 0 aliphatic heterocycles. The van der Waals surface area contributed by atoms with E-state index in [2.05, 4.69) is 16.4 Å². The number of aldehydes is 2. The van der Waals surface area contributed by atoms with E-state index >= 15 is 0 Å². The molecule has 1 unspecified atom stereocenters. The van der Waals surface area contributed by atoms with Crippen molar-refractivity contribution in [2.45, 2.75) is 128 Å². The Morgan fingerprint density at radius 2 is 1.33 bits per heavy atom. The van der Waals surface area contributed by atoms with E-state index in [1.54, 1.807) is 25.3 Å². The van der Waals surface area contributed by atoms with Gasteiger partial charge in [0, 0.05) is 71.6 Å². The quantitative estimate of drug-likeness (QED) is 0.0351. The summed E-state index contributed by atoms with van der Waals surface area (Å²) < 4.78 is 0. The fraction of sp³-hybridized carbons (Fsp3) is 0.788. The van der Waals surface area contributed by atoms with Gasteiger partial charge in [0.25, 0.3) is 0 Å². The van der Waals surface area contributed by atoms with Crippen LogP contribution in [-0.4, -0.2) is 117 Å². The van der Waals surface area contributed by atoms with Gasteiger partial charge < -0.3 is 56.4 Å². The van der Waals surface area contributed by atoms with Crippen molar-refractivity contribution < 1.29 is 76.5 Å². The normalized spacial score (nSPS) is 10.7. The fourth-order valence-corrected chi connectivity index (χ4v) is 3.60. The molecule has 0 rings (SSSR count). The van der Waals surface area contributed by atoms with Crippen LogP contribution in [0, 0.1) is 0 Å². The number of nitrogens with zero attached hydrogens (tertiary/aromatic N) is 1. The predicted octanol–water partition coefficient (Wildman–Crippen LogP) is 2.98. The molecule has 0 aromatic rings. The summed E-state index contributed by atoms with van der Waals surface area (Å²) in [6.45, 7) is 4.23. The smallest absolute Gasteiger partial charge is 0.320 e. The van der Waals surface area contributed by atoms with E-state index in [1.165, 1.54) is 71.6 Å². The molecule has 0 aromatic carbocycles. The maximum atomic E-state index is 11.4. The summed E-state index contributed by atoms with van der Waals surface area (Å²) in [6.07, 6.45) is 19.2. The summed E-state index contributed by atoms with van der Waals surface area (Å²) in [4.78, 5) is 73.4. The first-order chi connectivity index (χ1) is 22.6. The van der Waals surface area contributed by atoms with Gasteiger partial charge in [-0.15, -0.1) is 0 Å². The second-order valence-corrected chi connectivity index (χ2v) is 11.7. The Balaban J connectivity index is -0.000000199. The van der Waals surface area contributed by atoms with Gasteiger partial charge in [0.1, 0.15) is 18.6 Å². The minimum absolute atomic E-state index is 0. The van der Waals surface area contributed by atoms with E-state index in [9.17, 15) is 28.8 Å². The number of carbonyl (C=O) groups excluding carboxylic acids is 5. The van der Waals surface area contributed by atoms with Crippen molar-refractivity contribution in [3.63, 3.8) is 0 Å². The Kier molecular flexibility index (Phi) is 48.7. The molecule has 3 radical (unpaired) electrons. The molecular formula is C33H62BN5O9Y-2. The number of unbranched alkanes of at least 4 members (excludes halogenated alkanes) is 12. The zero-order valence-corrected chi connectivity index (χ0v) is 33.1. The van der Waals surface area contributed by atoms with Crippen LogP contribution < -0.4 is 16.4 Å². The first-order valence-electron chi connectivity index (χ1n) is 16.7. The zero-order valence-electron chi connectivity index (χ0n) is 30.3. The summed E-state index contributed by atoms with van der Waals surface area (Å²) in [5.41, 5.74) is 9.87. The van der Waals surface area contributed by atoms with E-state index < -0.39 is 29.2 Å². The molecule has 0 saturated carbocycles. The number of carbonyl (C=O) groups is 6. The summed E-state index contributed by atoms with van der Waals surface area (Å²) in [5.74, 6) is -1.83. The summed E-state index contributed by atoms with van der Waals surface area (Å²) in [6, 6.07) is -0.705. The summed E-state index contributed by atoms with van der Waals surface area (Å²) in [5, 5.41) is 22.5. The summed E-state index contributed by atoms with van der Waals surface area (Å²) >= 11 is 0. The second-order valence-electron chi connectivity index (χ2n) is 11.7. The molecule has 0 aromatic heterocycles. The number of amides is 1. The van der Waals surface area contributed by atoms with Gasteiger partial charge in [-0.3, -0.25) is 14.4 Å². The molecule has 14 nitrogen and oxygen atoms in total. The topological polar surface area (TPSA) is 237 Å². The standard InChI is InChI=1S/C16H30O3.C11H20N3O4.C4H7BNO.C2H5NO.Y/c17-15-13-11-9-7-5-3-1-2-4-6-8-10-12-14-16(18)19;1-12-9(11(17)18)3-4-10(16)13-5-6-14(2)7-8-15;1-4(2,6)3(5)7;3-1-2-4;/h15H,1-14H2,(H,18,19);9,12H,3-7H2,1-2H3,(H,13,16)(H,17,18);6H,1-2H3;2H,1,3H2;/q;2*-1;;. The van der Waals surface area contributed by atoms with Gasteiger partial charge in [-0.25, -0.2) is 6.29 Å². The average Bonchev–Trinajstić information content (AvgIpc) is 3.01. The predicted molar refractivity (Wildman–Crippen MR) is 189 cm³/mol. The van der Waals surface area contributed by atoms with Gasteiger partial charge in [-0.05, 0) is 33.4 Å². The minimum Gasteiger partial charge on any atom is -0.667 e. The van der Waals surface area contributed by atoms with Gasteiger partial charge in [0.2, 0.25) is 5.91 Å². The van der Waals surface area contributed by atoms with Crippen LogP contribution in [0.25, 0.3) is 5.73 Å². The maximum absolute atomic E-state index is 11.4. The first-order valence-corrected chi connectivity index (χ1v) is 16.7. The van der Waals surface area contributed by atoms with Crippen LogP contribution in [0.5, 0.6) is 0 Å². The molecule has 281 valence electrons. The van der Waals surface area contributed by atoms with E-state index in [4.69, 9.17) is 28.6 Å². The molecule has 0 spiro atoms. The van der Waals surface area contributed by atoms with Crippen molar-refractivity contribution >= 4 is 50.2 Å². The third-order valence-corrected chi connectivity index (χ3v) is 6.63. The Labute approximate surface area is 320 Å². The van der Waals surface area contributed by atoms with E-state index in [1.807, 2.05) is 0 Å². The van der Waals surface area contributed by atoms with E-state index in [0.717, 1.165) is 32.0 Å². The number of nitrogens with one attached hydrogen (secondary N) is 3. The Morgan fingerprint density at radius 1 is 0.898 bits per heavy atom. The molecule has 0 fully saturated rings. The van der Waals surface area contributed by atoms with Crippen LogP contribution in [0.3, 0.4) is 0 Å². The number of likely N-dealkylation sites (N-methyl/N-ethyl adjacent to an activating group) is 2. The maximum Gasteiger partial charge on any atom is 0.320 e. The number of carboxylic acids is 2. The van der Waals surface area contributed by atoms with Crippen molar-refractivity contribution in [2.75, 3.05) is 40.3 Å². The van der Waals surface area contributed by atoms with Crippen molar-refractivity contribution in [3.8, 4) is 0 Å². The Hall–Kier alpha value is -1.90. The molecule has 0 saturated heterocycles. The van der Waals surface area contributed by atoms with Gasteiger partial charge >= 0.3 is 11.9 Å². The minimum atomic E-state index is -1.11. The van der Waals surface area contributed by atoms with Crippen LogP contribution in [0.15, 0.2) is 0 Å². The molecule has 0 aliphatic rings. The largest absolute Gasteiger partial charge is 0.667 e. The van der Waals surface area contributed by atoms with Crippen molar-refractivity contribution in [1.29, 1.82) is 0 Å². The third kappa shape index (κ3) is 53.1. The third-order valence-electron chi connectivity index (χ3n) is 6.63. The number of aliphatic carboxylic acids is 2. The average molecular weight is 773 g/mol. The number of rotatable bonds is 27. The number of carboxylic acid groups (broad SMARTS) is 2. The molecule has 16 heteroatoms. The summed E-state index contributed by atoms with van der Waals surface area (Å²) in [7, 11) is 8.03. The van der Waals surface area contributed by atoms with Crippen LogP contribution in [0.1, 0.15) is 117 Å². The second kappa shape index (κ2) is 42.3. The Morgan fingerprint density at radius 3 is 1.65 bits per heavy atom. The van der Waals surface area contributed by atoms with Gasteiger partial charge in [0.15, 0.2) is 7.85 Å². The molecular weight excluding hydrogens is 710 g/mol. The fourth-order valence-electron chi connectivity index (χ4n) is 3.60. The van der Waals surface area contributed by atoms with E-state index in [-0.39, 0.29) is 64.5 Å². The van der Waals surface area contributed by atoms with Crippen molar-refractivity contribution in [1.82, 2.24) is 15.5 Å². The van der Waals surface area contributed by atoms with Crippen LogP contribution >= 0.6 is 0 Å². The number of hydrogen-bond donors (Lipinski definition) is 5. The van der Waals surface area contributed by atoms with E-state index in [0.29, 0.717) is 25.8 Å². The van der Waals surface area contributed by atoms with Gasteiger partial charge in [-0.2, -0.15) is 0 Å². The number of hydrogen-bond acceptors (Lipinski definition) is 10. The van der Waals surface area contributed by atoms with Crippen LogP contribution in [0.2, 0.25) is 0 Å². The van der Waals surface area contributed by atoms with Gasteiger partial charge in [0.05, 0.1) is 5.68 Å². The zero-order chi connectivity index (χ0) is 37.6. The van der Waals surface area contributed by atoms with Crippen LogP contribution in [-0.2, 0) is 66.3 Å². The van der Waals surface area contributed by atoms with Crippen LogP contribution in [0.4, 0.5) is 0 Å². The molecule has 49 heavy (non-hydrogen) atoms. The molecule has 0 heterocycles. The Bertz CT molecular complexity index is 850. The first kappa shape index (κ1) is 56.5. The SMILES string of the molecule is CNC(CCC(=O)NCCN(C)C[C-]=O)C(=O)O.NCC=O.O=CCCCCCCCCCCCCCCC(=O)O.[B]C(=O)C(C)(C)[NH-].[Y]. The molecule has 7 N–H and O–H groups in total. The monoisotopic (exact) mass is 772 g/mol. The van der Waals surface area contributed by atoms with Crippen molar-refractivity contribution in [3.05, 3.63) is 5.73 Å². The molecule has 1 amide bonds. The number of nitrogens with two attached hydrogens (primary N) is 1. The van der Waals surface area contributed by atoms with Crippen molar-refractivity contribution in [2.24, 2.45) is 5.73 Å². The molecule has 1 atom stereocenters. The van der Waals surface area contributed by atoms with Gasteiger partial charge in [-0.1, -0.05) is 90.1 Å². The molecule has 0 bridgehead atoms.